The first-order valence-corrected chi connectivity index (χ1v) is 10.1. The van der Waals surface area contributed by atoms with E-state index in [9.17, 15) is 4.79 Å². The molecule has 1 saturated heterocycles. The zero-order chi connectivity index (χ0) is 20.0. The van der Waals surface area contributed by atoms with Crippen molar-refractivity contribution in [2.75, 3.05) is 18.0 Å². The van der Waals surface area contributed by atoms with E-state index >= 15 is 0 Å². The summed E-state index contributed by atoms with van der Waals surface area (Å²) >= 11 is 0. The maximum absolute atomic E-state index is 13.0. The summed E-state index contributed by atoms with van der Waals surface area (Å²) in [6.45, 7) is 4.51. The third kappa shape index (κ3) is 3.06. The largest absolute Gasteiger partial charge is 0.356 e. The average molecular weight is 388 g/mol. The number of piperidine rings is 1. The average Bonchev–Trinajstić information content (AvgIpc) is 3.13. The molecule has 0 aliphatic carbocycles. The fourth-order valence-corrected chi connectivity index (χ4v) is 4.40. The second-order valence-electron chi connectivity index (χ2n) is 7.88. The molecule has 29 heavy (non-hydrogen) atoms. The lowest BCUT2D eigenvalue weighted by atomic mass is 9.96. The maximum Gasteiger partial charge on any atom is 0.261 e. The van der Waals surface area contributed by atoms with Crippen LogP contribution in [0.3, 0.4) is 0 Å². The van der Waals surface area contributed by atoms with E-state index in [-0.39, 0.29) is 5.56 Å². The Bertz CT molecular complexity index is 1250. The number of aromatic nitrogens is 5. The molecule has 0 atom stereocenters. The maximum atomic E-state index is 13.0. The van der Waals surface area contributed by atoms with Crippen LogP contribution < -0.4 is 10.5 Å². The van der Waals surface area contributed by atoms with Crippen molar-refractivity contribution in [2.24, 2.45) is 13.0 Å². The first-order valence-electron chi connectivity index (χ1n) is 10.1. The highest BCUT2D eigenvalue weighted by Crippen LogP contribution is 2.28. The lowest BCUT2D eigenvalue weighted by molar-refractivity contribution is 0.348. The van der Waals surface area contributed by atoms with E-state index in [0.717, 1.165) is 60.7 Å². The molecule has 3 aromatic heterocycles. The zero-order valence-corrected chi connectivity index (χ0v) is 16.7. The van der Waals surface area contributed by atoms with Crippen molar-refractivity contribution in [3.05, 3.63) is 59.0 Å². The van der Waals surface area contributed by atoms with Gasteiger partial charge in [0.15, 0.2) is 0 Å². The Labute approximate surface area is 168 Å². The van der Waals surface area contributed by atoms with Crippen LogP contribution in [0, 0.1) is 12.8 Å². The van der Waals surface area contributed by atoms with Crippen LogP contribution in [0.4, 0.5) is 5.82 Å². The highest BCUT2D eigenvalue weighted by molar-refractivity contribution is 5.87. The van der Waals surface area contributed by atoms with Gasteiger partial charge in [-0.05, 0) is 43.9 Å². The lowest BCUT2D eigenvalue weighted by Crippen LogP contribution is -2.37. The van der Waals surface area contributed by atoms with Crippen LogP contribution in [-0.4, -0.2) is 37.2 Å². The van der Waals surface area contributed by atoms with E-state index in [1.54, 1.807) is 6.33 Å². The summed E-state index contributed by atoms with van der Waals surface area (Å²) in [5.74, 6) is 2.26. The minimum absolute atomic E-state index is 0.0670. The molecule has 1 fully saturated rings. The molecule has 0 spiro atoms. The van der Waals surface area contributed by atoms with Crippen LogP contribution in [0.15, 0.2) is 47.7 Å². The predicted octanol–water partition coefficient (Wildman–Crippen LogP) is 2.90. The third-order valence-electron chi connectivity index (χ3n) is 6.05. The van der Waals surface area contributed by atoms with Gasteiger partial charge in [0.25, 0.3) is 5.56 Å². The highest BCUT2D eigenvalue weighted by atomic mass is 16.1. The second kappa shape index (κ2) is 6.99. The molecule has 4 heterocycles. The van der Waals surface area contributed by atoms with Crippen LogP contribution in [0.2, 0.25) is 0 Å². The number of para-hydroxylation sites is 1. The molecule has 148 valence electrons. The van der Waals surface area contributed by atoms with Crippen molar-refractivity contribution in [2.45, 2.75) is 26.3 Å². The summed E-state index contributed by atoms with van der Waals surface area (Å²) in [6, 6.07) is 9.67. The Morgan fingerprint density at radius 3 is 2.69 bits per heavy atom. The SMILES string of the molecule is Cc1nc2ccccc2c(=O)n1CC1CCN(c2ncnc3c2ccn3C)CC1. The summed E-state index contributed by atoms with van der Waals surface area (Å²) in [4.78, 5) is 28.9. The number of nitrogens with zero attached hydrogens (tertiary/aromatic N) is 6. The second-order valence-corrected chi connectivity index (χ2v) is 7.88. The smallest absolute Gasteiger partial charge is 0.261 e. The summed E-state index contributed by atoms with van der Waals surface area (Å²) in [7, 11) is 2.00. The van der Waals surface area contributed by atoms with Gasteiger partial charge in [-0.1, -0.05) is 12.1 Å². The normalized spacial score (nSPS) is 15.4. The van der Waals surface area contributed by atoms with E-state index < -0.39 is 0 Å². The molecule has 7 nitrogen and oxygen atoms in total. The van der Waals surface area contributed by atoms with Gasteiger partial charge in [-0.25, -0.2) is 15.0 Å². The van der Waals surface area contributed by atoms with Gasteiger partial charge in [0.1, 0.15) is 23.6 Å². The first-order chi connectivity index (χ1) is 14.1. The molecule has 0 unspecified atom stereocenters. The van der Waals surface area contributed by atoms with Crippen molar-refractivity contribution in [3.63, 3.8) is 0 Å². The molecular formula is C22H24N6O. The Morgan fingerprint density at radius 1 is 1.07 bits per heavy atom. The van der Waals surface area contributed by atoms with Gasteiger partial charge in [-0.3, -0.25) is 9.36 Å². The van der Waals surface area contributed by atoms with Gasteiger partial charge in [0.2, 0.25) is 0 Å². The van der Waals surface area contributed by atoms with Crippen LogP contribution in [0.5, 0.6) is 0 Å². The molecule has 1 aliphatic rings. The molecule has 1 aliphatic heterocycles. The molecule has 0 saturated carbocycles. The molecule has 5 rings (SSSR count). The molecule has 7 heteroatoms. The summed E-state index contributed by atoms with van der Waals surface area (Å²) in [5, 5.41) is 1.79. The minimum Gasteiger partial charge on any atom is -0.356 e. The molecule has 0 amide bonds. The first kappa shape index (κ1) is 17.8. The topological polar surface area (TPSA) is 68.8 Å². The molecular weight excluding hydrogens is 364 g/mol. The molecule has 0 bridgehead atoms. The number of rotatable bonds is 3. The zero-order valence-electron chi connectivity index (χ0n) is 16.7. The van der Waals surface area contributed by atoms with Crippen molar-refractivity contribution in [1.82, 2.24) is 24.1 Å². The van der Waals surface area contributed by atoms with Gasteiger partial charge < -0.3 is 9.47 Å². The number of benzene rings is 1. The number of fused-ring (bicyclic) bond motifs is 2. The Balaban J connectivity index is 1.35. The van der Waals surface area contributed by atoms with Gasteiger partial charge in [-0.15, -0.1) is 0 Å². The molecule has 0 radical (unpaired) electrons. The summed E-state index contributed by atoms with van der Waals surface area (Å²) in [5.41, 5.74) is 1.80. The Hall–Kier alpha value is -3.22. The Kier molecular flexibility index (Phi) is 4.30. The summed E-state index contributed by atoms with van der Waals surface area (Å²) in [6.07, 6.45) is 5.72. The minimum atomic E-state index is 0.0670. The van der Waals surface area contributed by atoms with Crippen LogP contribution in [0.25, 0.3) is 21.9 Å². The van der Waals surface area contributed by atoms with Gasteiger partial charge >= 0.3 is 0 Å². The summed E-state index contributed by atoms with van der Waals surface area (Å²) < 4.78 is 3.87. The highest BCUT2D eigenvalue weighted by Gasteiger charge is 2.23. The third-order valence-corrected chi connectivity index (χ3v) is 6.05. The standard InChI is InChI=1S/C22H24N6O/c1-15-25-19-6-4-3-5-17(19)22(29)28(15)13-16-7-11-27(12-8-16)21-18-9-10-26(2)20(18)23-14-24-21/h3-6,9-10,14,16H,7-8,11-13H2,1-2H3. The van der Waals surface area contributed by atoms with Crippen LogP contribution in [-0.2, 0) is 13.6 Å². The van der Waals surface area contributed by atoms with Crippen molar-refractivity contribution < 1.29 is 0 Å². The quantitative estimate of drug-likeness (QED) is 0.540. The van der Waals surface area contributed by atoms with Crippen LogP contribution >= 0.6 is 0 Å². The van der Waals surface area contributed by atoms with Gasteiger partial charge in [-0.2, -0.15) is 0 Å². The van der Waals surface area contributed by atoms with E-state index in [0.29, 0.717) is 11.3 Å². The van der Waals surface area contributed by atoms with Crippen molar-refractivity contribution in [1.29, 1.82) is 0 Å². The lowest BCUT2D eigenvalue weighted by Gasteiger charge is -2.33. The van der Waals surface area contributed by atoms with Gasteiger partial charge in [0, 0.05) is 32.9 Å². The van der Waals surface area contributed by atoms with Gasteiger partial charge in [0.05, 0.1) is 16.3 Å². The van der Waals surface area contributed by atoms with E-state index in [1.165, 1.54) is 0 Å². The molecule has 4 aromatic rings. The molecule has 1 aromatic carbocycles. The number of hydrogen-bond donors (Lipinski definition) is 0. The number of hydrogen-bond acceptors (Lipinski definition) is 5. The van der Waals surface area contributed by atoms with Crippen molar-refractivity contribution >= 4 is 27.8 Å². The van der Waals surface area contributed by atoms with E-state index in [1.807, 2.05) is 53.6 Å². The van der Waals surface area contributed by atoms with E-state index in [2.05, 4.69) is 25.9 Å². The monoisotopic (exact) mass is 388 g/mol. The van der Waals surface area contributed by atoms with Crippen LogP contribution in [0.1, 0.15) is 18.7 Å². The van der Waals surface area contributed by atoms with Crippen molar-refractivity contribution in [3.8, 4) is 0 Å². The fourth-order valence-electron chi connectivity index (χ4n) is 4.40. The number of anilines is 1. The Morgan fingerprint density at radius 2 is 1.86 bits per heavy atom. The number of aryl methyl sites for hydroxylation is 2. The predicted molar refractivity (Wildman–Crippen MR) is 114 cm³/mol. The fraction of sp³-hybridized carbons (Fsp3) is 0.364. The molecule has 0 N–H and O–H groups in total. The van der Waals surface area contributed by atoms with E-state index in [4.69, 9.17) is 0 Å².